The van der Waals surface area contributed by atoms with Gasteiger partial charge in [0.15, 0.2) is 0 Å². The molecular weight excluding hydrogens is 300 g/mol. The molecule has 0 amide bonds. The third-order valence-corrected chi connectivity index (χ3v) is 4.26. The monoisotopic (exact) mass is 314 g/mol. The highest BCUT2D eigenvalue weighted by atomic mass is 32.1. The highest BCUT2D eigenvalue weighted by molar-refractivity contribution is 7.13. The molecule has 1 aromatic carbocycles. The Bertz CT molecular complexity index is 816. The van der Waals surface area contributed by atoms with Gasteiger partial charge in [-0.2, -0.15) is 0 Å². The smallest absolute Gasteiger partial charge is 0.309 e. The number of aryl methyl sites for hydroxylation is 2. The number of carboxylic acid groups (broad SMARTS) is 1. The van der Waals surface area contributed by atoms with Crippen molar-refractivity contribution >= 4 is 17.3 Å². The molecule has 112 valence electrons. The van der Waals surface area contributed by atoms with E-state index in [2.05, 4.69) is 10.1 Å². The maximum Gasteiger partial charge on any atom is 0.309 e. The molecule has 0 aliphatic carbocycles. The average Bonchev–Trinajstić information content (AvgIpc) is 3.06. The fourth-order valence-corrected chi connectivity index (χ4v) is 3.20. The van der Waals surface area contributed by atoms with E-state index in [1.807, 2.05) is 38.1 Å². The zero-order chi connectivity index (χ0) is 15.7. The van der Waals surface area contributed by atoms with Crippen molar-refractivity contribution < 1.29 is 14.4 Å². The first-order valence-corrected chi connectivity index (χ1v) is 7.62. The van der Waals surface area contributed by atoms with Gasteiger partial charge in [-0.25, -0.2) is 4.98 Å². The lowest BCUT2D eigenvalue weighted by Gasteiger charge is -2.03. The summed E-state index contributed by atoms with van der Waals surface area (Å²) in [7, 11) is 0. The molecule has 0 atom stereocenters. The molecule has 3 aromatic rings. The summed E-state index contributed by atoms with van der Waals surface area (Å²) in [6, 6.07) is 7.94. The highest BCUT2D eigenvalue weighted by Gasteiger charge is 2.13. The quantitative estimate of drug-likeness (QED) is 0.794. The number of aromatic nitrogens is 2. The summed E-state index contributed by atoms with van der Waals surface area (Å²) in [5, 5.41) is 15.4. The first-order chi connectivity index (χ1) is 10.5. The van der Waals surface area contributed by atoms with E-state index >= 15 is 0 Å². The molecule has 2 aromatic heterocycles. The average molecular weight is 314 g/mol. The van der Waals surface area contributed by atoms with E-state index in [4.69, 9.17) is 9.63 Å². The summed E-state index contributed by atoms with van der Waals surface area (Å²) in [5.74, 6) is -0.0957. The van der Waals surface area contributed by atoms with Gasteiger partial charge in [0.1, 0.15) is 10.8 Å². The number of benzene rings is 1. The van der Waals surface area contributed by atoms with Crippen molar-refractivity contribution in [2.24, 2.45) is 0 Å². The maximum atomic E-state index is 10.7. The van der Waals surface area contributed by atoms with Gasteiger partial charge in [0.2, 0.25) is 0 Å². The summed E-state index contributed by atoms with van der Waals surface area (Å²) in [6.07, 6.45) is -0.0555. The SMILES string of the molecule is Cc1noc(C)c1-c1cccc(-c2nc(CC(=O)O)cs2)c1. The van der Waals surface area contributed by atoms with Crippen LogP contribution in [0.2, 0.25) is 0 Å². The van der Waals surface area contributed by atoms with Gasteiger partial charge in [0.25, 0.3) is 0 Å². The van der Waals surface area contributed by atoms with Crippen LogP contribution in [0.5, 0.6) is 0 Å². The lowest BCUT2D eigenvalue weighted by molar-refractivity contribution is -0.136. The predicted octanol–water partition coefficient (Wildman–Crippen LogP) is 3.71. The second-order valence-corrected chi connectivity index (χ2v) is 5.85. The fourth-order valence-electron chi connectivity index (χ4n) is 2.38. The Morgan fingerprint density at radius 2 is 2.09 bits per heavy atom. The molecule has 3 rings (SSSR count). The number of hydrogen-bond donors (Lipinski definition) is 1. The molecule has 0 spiro atoms. The van der Waals surface area contributed by atoms with Crippen molar-refractivity contribution in [3.8, 4) is 21.7 Å². The zero-order valence-electron chi connectivity index (χ0n) is 12.2. The van der Waals surface area contributed by atoms with Crippen LogP contribution in [-0.4, -0.2) is 21.2 Å². The van der Waals surface area contributed by atoms with Crippen molar-refractivity contribution in [3.05, 3.63) is 46.8 Å². The minimum absolute atomic E-state index is 0.0555. The Labute approximate surface area is 131 Å². The number of hydrogen-bond acceptors (Lipinski definition) is 5. The van der Waals surface area contributed by atoms with Crippen LogP contribution in [0.25, 0.3) is 21.7 Å². The minimum atomic E-state index is -0.874. The van der Waals surface area contributed by atoms with Crippen LogP contribution in [0, 0.1) is 13.8 Å². The number of thiazole rings is 1. The molecule has 0 unspecified atom stereocenters. The molecule has 0 aliphatic heterocycles. The molecule has 5 nitrogen and oxygen atoms in total. The molecule has 0 saturated heterocycles. The van der Waals surface area contributed by atoms with Gasteiger partial charge in [-0.15, -0.1) is 11.3 Å². The van der Waals surface area contributed by atoms with Gasteiger partial charge in [-0.1, -0.05) is 23.4 Å². The number of carboxylic acids is 1. The Kier molecular flexibility index (Phi) is 3.77. The predicted molar refractivity (Wildman–Crippen MR) is 83.9 cm³/mol. The molecule has 0 fully saturated rings. The summed E-state index contributed by atoms with van der Waals surface area (Å²) in [6.45, 7) is 3.79. The van der Waals surface area contributed by atoms with Crippen LogP contribution in [0.3, 0.4) is 0 Å². The van der Waals surface area contributed by atoms with Crippen LogP contribution in [0.1, 0.15) is 17.1 Å². The first kappa shape index (κ1) is 14.5. The van der Waals surface area contributed by atoms with Crippen LogP contribution in [-0.2, 0) is 11.2 Å². The molecular formula is C16H14N2O3S. The van der Waals surface area contributed by atoms with E-state index in [0.29, 0.717) is 5.69 Å². The Morgan fingerprint density at radius 3 is 2.77 bits per heavy atom. The normalized spacial score (nSPS) is 10.8. The van der Waals surface area contributed by atoms with E-state index < -0.39 is 5.97 Å². The molecule has 0 saturated carbocycles. The maximum absolute atomic E-state index is 10.7. The molecule has 22 heavy (non-hydrogen) atoms. The number of carbonyl (C=O) groups is 1. The number of aliphatic carboxylic acids is 1. The first-order valence-electron chi connectivity index (χ1n) is 6.74. The third kappa shape index (κ3) is 2.78. The van der Waals surface area contributed by atoms with Crippen LogP contribution >= 0.6 is 11.3 Å². The minimum Gasteiger partial charge on any atom is -0.481 e. The van der Waals surface area contributed by atoms with Crippen molar-refractivity contribution in [3.63, 3.8) is 0 Å². The van der Waals surface area contributed by atoms with Gasteiger partial charge >= 0.3 is 5.97 Å². The second-order valence-electron chi connectivity index (χ2n) is 4.99. The topological polar surface area (TPSA) is 76.2 Å². The summed E-state index contributed by atoms with van der Waals surface area (Å²) >= 11 is 1.45. The van der Waals surface area contributed by atoms with Crippen LogP contribution in [0.15, 0.2) is 34.2 Å². The van der Waals surface area contributed by atoms with Gasteiger partial charge in [-0.05, 0) is 25.5 Å². The second kappa shape index (κ2) is 5.73. The Hall–Kier alpha value is -2.47. The van der Waals surface area contributed by atoms with Crippen molar-refractivity contribution in [1.82, 2.24) is 10.1 Å². The van der Waals surface area contributed by atoms with E-state index in [1.165, 1.54) is 11.3 Å². The Morgan fingerprint density at radius 1 is 1.32 bits per heavy atom. The van der Waals surface area contributed by atoms with Crippen molar-refractivity contribution in [2.45, 2.75) is 20.3 Å². The van der Waals surface area contributed by atoms with Gasteiger partial charge < -0.3 is 9.63 Å². The van der Waals surface area contributed by atoms with E-state index in [9.17, 15) is 4.79 Å². The van der Waals surface area contributed by atoms with Crippen molar-refractivity contribution in [1.29, 1.82) is 0 Å². The molecule has 0 aliphatic rings. The Balaban J connectivity index is 1.98. The van der Waals surface area contributed by atoms with E-state index in [1.54, 1.807) is 5.38 Å². The summed E-state index contributed by atoms with van der Waals surface area (Å²) < 4.78 is 5.21. The van der Waals surface area contributed by atoms with Crippen molar-refractivity contribution in [2.75, 3.05) is 0 Å². The fraction of sp³-hybridized carbons (Fsp3) is 0.188. The largest absolute Gasteiger partial charge is 0.481 e. The molecule has 1 N–H and O–H groups in total. The van der Waals surface area contributed by atoms with Crippen LogP contribution in [0.4, 0.5) is 0 Å². The van der Waals surface area contributed by atoms with Gasteiger partial charge in [0.05, 0.1) is 17.8 Å². The van der Waals surface area contributed by atoms with E-state index in [0.717, 1.165) is 33.2 Å². The molecule has 6 heteroatoms. The summed E-state index contributed by atoms with van der Waals surface area (Å²) in [4.78, 5) is 15.1. The number of nitrogens with zero attached hydrogens (tertiary/aromatic N) is 2. The van der Waals surface area contributed by atoms with E-state index in [-0.39, 0.29) is 6.42 Å². The third-order valence-electron chi connectivity index (χ3n) is 3.32. The summed E-state index contributed by atoms with van der Waals surface area (Å²) in [5.41, 5.74) is 4.39. The lowest BCUT2D eigenvalue weighted by Crippen LogP contribution is -1.99. The number of rotatable bonds is 4. The molecule has 0 bridgehead atoms. The highest BCUT2D eigenvalue weighted by Crippen LogP contribution is 2.31. The molecule has 2 heterocycles. The zero-order valence-corrected chi connectivity index (χ0v) is 13.0. The lowest BCUT2D eigenvalue weighted by atomic mass is 10.0. The van der Waals surface area contributed by atoms with Gasteiger partial charge in [-0.3, -0.25) is 4.79 Å². The molecule has 0 radical (unpaired) electrons. The standard InChI is InChI=1S/C16H14N2O3S/c1-9-15(10(2)21-18-9)11-4-3-5-12(6-11)16-17-13(8-22-16)7-14(19)20/h3-6,8H,7H2,1-2H3,(H,19,20). The van der Waals surface area contributed by atoms with Gasteiger partial charge in [0, 0.05) is 16.5 Å². The van der Waals surface area contributed by atoms with Crippen LogP contribution < -0.4 is 0 Å².